The van der Waals surface area contributed by atoms with Crippen LogP contribution in [-0.4, -0.2) is 34.5 Å². The minimum Gasteiger partial charge on any atom is -0.465 e. The van der Waals surface area contributed by atoms with E-state index in [0.29, 0.717) is 0 Å². The number of hydrogen-bond donors (Lipinski definition) is 0. The number of hydrogen-bond acceptors (Lipinski definition) is 2. The Labute approximate surface area is 130 Å². The number of rotatable bonds is 6. The first-order valence-electron chi connectivity index (χ1n) is 5.76. The van der Waals surface area contributed by atoms with E-state index < -0.39 is 46.7 Å². The molecule has 0 aromatic heterocycles. The van der Waals surface area contributed by atoms with Gasteiger partial charge in [-0.3, -0.25) is 4.79 Å². The van der Waals surface area contributed by atoms with Gasteiger partial charge in [-0.05, 0) is 13.3 Å². The molecule has 0 aliphatic heterocycles. The molecule has 3 unspecified atom stereocenters. The number of carbonyl (C=O) groups excluding carboxylic acids is 1. The Hall–Kier alpha value is -0.290. The van der Waals surface area contributed by atoms with Crippen molar-refractivity contribution in [2.75, 3.05) is 6.61 Å². The number of carbonyl (C=O) groups is 1. The number of ether oxygens (including phenoxy) is 1. The maximum Gasteiger partial charge on any atom is 0.422 e. The summed E-state index contributed by atoms with van der Waals surface area (Å²) in [5.74, 6) is -3.20. The fourth-order valence-electron chi connectivity index (χ4n) is 1.50. The average Bonchev–Trinajstić information content (AvgIpc) is 2.22. The van der Waals surface area contributed by atoms with Crippen molar-refractivity contribution in [1.29, 1.82) is 0 Å². The lowest BCUT2D eigenvalue weighted by atomic mass is 9.89. The molecule has 0 amide bonds. The van der Waals surface area contributed by atoms with E-state index in [9.17, 15) is 35.5 Å². The Morgan fingerprint density at radius 1 is 1.14 bits per heavy atom. The average molecular weight is 438 g/mol. The SMILES string of the molecule is CC(=O)OCC(I)CC(CC(C)(F)C(F)(F)F)C(F)(F)F. The van der Waals surface area contributed by atoms with Gasteiger partial charge in [-0.25, -0.2) is 4.39 Å². The first-order chi connectivity index (χ1) is 9.17. The lowest BCUT2D eigenvalue weighted by Gasteiger charge is -2.30. The fraction of sp³-hybridized carbons (Fsp3) is 0.909. The molecule has 0 N–H and O–H groups in total. The molecule has 2 nitrogen and oxygen atoms in total. The lowest BCUT2D eigenvalue weighted by molar-refractivity contribution is -0.248. The van der Waals surface area contributed by atoms with Crippen molar-refractivity contribution in [1.82, 2.24) is 0 Å². The molecule has 0 bridgehead atoms. The summed E-state index contributed by atoms with van der Waals surface area (Å²) in [5.41, 5.74) is -3.94. The highest BCUT2D eigenvalue weighted by Crippen LogP contribution is 2.44. The maximum atomic E-state index is 13.4. The quantitative estimate of drug-likeness (QED) is 0.262. The summed E-state index contributed by atoms with van der Waals surface area (Å²) in [6.45, 7) is 0.754. The molecule has 0 spiro atoms. The zero-order valence-electron chi connectivity index (χ0n) is 11.1. The van der Waals surface area contributed by atoms with E-state index in [-0.39, 0.29) is 13.5 Å². The van der Waals surface area contributed by atoms with E-state index in [1.165, 1.54) is 22.6 Å². The largest absolute Gasteiger partial charge is 0.465 e. The van der Waals surface area contributed by atoms with Crippen LogP contribution in [0.4, 0.5) is 30.7 Å². The van der Waals surface area contributed by atoms with Crippen LogP contribution in [0.25, 0.3) is 0 Å². The Balaban J connectivity index is 4.88. The van der Waals surface area contributed by atoms with Crippen LogP contribution in [0.15, 0.2) is 0 Å². The minimum atomic E-state index is -5.38. The van der Waals surface area contributed by atoms with Gasteiger partial charge in [0.25, 0.3) is 0 Å². The summed E-state index contributed by atoms with van der Waals surface area (Å²) in [6, 6.07) is 0. The van der Waals surface area contributed by atoms with Gasteiger partial charge >= 0.3 is 18.3 Å². The molecule has 0 saturated carbocycles. The highest BCUT2D eigenvalue weighted by molar-refractivity contribution is 14.1. The molecule has 0 aliphatic rings. The van der Waals surface area contributed by atoms with Crippen molar-refractivity contribution in [2.24, 2.45) is 5.92 Å². The van der Waals surface area contributed by atoms with E-state index in [1.807, 2.05) is 0 Å². The van der Waals surface area contributed by atoms with Crippen molar-refractivity contribution in [3.8, 4) is 0 Å². The zero-order valence-corrected chi connectivity index (χ0v) is 13.3. The molecule has 0 aliphatic carbocycles. The van der Waals surface area contributed by atoms with E-state index in [1.54, 1.807) is 0 Å². The summed E-state index contributed by atoms with van der Waals surface area (Å²) in [4.78, 5) is 10.5. The minimum absolute atomic E-state index is 0.0833. The van der Waals surface area contributed by atoms with Crippen LogP contribution in [0, 0.1) is 5.92 Å². The summed E-state index contributed by atoms with van der Waals surface area (Å²) >= 11 is 1.52. The second-order valence-electron chi connectivity index (χ2n) is 4.77. The molecule has 0 aromatic carbocycles. The van der Waals surface area contributed by atoms with Gasteiger partial charge in [0.1, 0.15) is 6.61 Å². The van der Waals surface area contributed by atoms with E-state index >= 15 is 0 Å². The highest BCUT2D eigenvalue weighted by atomic mass is 127. The topological polar surface area (TPSA) is 26.3 Å². The van der Waals surface area contributed by atoms with E-state index in [2.05, 4.69) is 4.74 Å². The van der Waals surface area contributed by atoms with Crippen LogP contribution < -0.4 is 0 Å². The van der Waals surface area contributed by atoms with Gasteiger partial charge in [0.15, 0.2) is 0 Å². The molecule has 10 heteroatoms. The Morgan fingerprint density at radius 3 is 1.95 bits per heavy atom. The van der Waals surface area contributed by atoms with Gasteiger partial charge in [0.05, 0.1) is 5.92 Å². The van der Waals surface area contributed by atoms with Crippen LogP contribution >= 0.6 is 22.6 Å². The molecule has 0 radical (unpaired) electrons. The van der Waals surface area contributed by atoms with Crippen LogP contribution in [0.1, 0.15) is 26.7 Å². The van der Waals surface area contributed by atoms with Crippen molar-refractivity contribution < 1.29 is 40.3 Å². The van der Waals surface area contributed by atoms with Crippen molar-refractivity contribution in [2.45, 2.75) is 48.6 Å². The normalized spacial score (nSPS) is 18.8. The second-order valence-corrected chi connectivity index (χ2v) is 6.54. The Kier molecular flexibility index (Phi) is 7.21. The molecule has 0 fully saturated rings. The first kappa shape index (κ1) is 20.7. The molecule has 0 heterocycles. The molecule has 0 saturated heterocycles. The summed E-state index contributed by atoms with van der Waals surface area (Å²) in [7, 11) is 0. The maximum absolute atomic E-state index is 13.4. The van der Waals surface area contributed by atoms with Crippen LogP contribution in [-0.2, 0) is 9.53 Å². The van der Waals surface area contributed by atoms with Gasteiger partial charge in [-0.2, -0.15) is 26.3 Å². The third-order valence-electron chi connectivity index (χ3n) is 2.69. The molecule has 21 heavy (non-hydrogen) atoms. The summed E-state index contributed by atoms with van der Waals surface area (Å²) < 4.78 is 92.4. The monoisotopic (exact) mass is 438 g/mol. The third-order valence-corrected chi connectivity index (χ3v) is 3.56. The van der Waals surface area contributed by atoms with E-state index in [4.69, 9.17) is 0 Å². The fourth-order valence-corrected chi connectivity index (χ4v) is 2.29. The standard InChI is InChI=1S/C11H14F7IO2/c1-6(20)21-5-8(19)3-7(10(13,14)15)4-9(2,12)11(16,17)18/h7-8H,3-5H2,1-2H3. The Bertz CT molecular complexity index is 351. The van der Waals surface area contributed by atoms with Gasteiger partial charge in [-0.15, -0.1) is 0 Å². The number of alkyl halides is 8. The van der Waals surface area contributed by atoms with Gasteiger partial charge in [0, 0.05) is 17.3 Å². The van der Waals surface area contributed by atoms with Crippen LogP contribution in [0.3, 0.4) is 0 Å². The number of halogens is 8. The van der Waals surface area contributed by atoms with Crippen molar-refractivity contribution in [3.05, 3.63) is 0 Å². The Morgan fingerprint density at radius 2 is 1.62 bits per heavy atom. The predicted molar refractivity (Wildman–Crippen MR) is 68.8 cm³/mol. The zero-order chi connectivity index (χ0) is 17.1. The summed E-state index contributed by atoms with van der Waals surface area (Å²) in [6.07, 6.45) is -12.8. The molecular formula is C11H14F7IO2. The second kappa shape index (κ2) is 7.32. The predicted octanol–water partition coefficient (Wildman–Crippen LogP) is 4.60. The molecular weight excluding hydrogens is 424 g/mol. The van der Waals surface area contributed by atoms with Crippen molar-refractivity contribution >= 4 is 28.6 Å². The first-order valence-corrected chi connectivity index (χ1v) is 7.01. The van der Waals surface area contributed by atoms with Crippen molar-refractivity contribution in [3.63, 3.8) is 0 Å². The van der Waals surface area contributed by atoms with E-state index in [0.717, 1.165) is 6.92 Å². The smallest absolute Gasteiger partial charge is 0.422 e. The lowest BCUT2D eigenvalue weighted by Crippen LogP contribution is -2.43. The van der Waals surface area contributed by atoms with Crippen LogP contribution in [0.2, 0.25) is 0 Å². The summed E-state index contributed by atoms with van der Waals surface area (Å²) in [5, 5.41) is 0. The molecule has 0 rings (SSSR count). The highest BCUT2D eigenvalue weighted by Gasteiger charge is 2.56. The van der Waals surface area contributed by atoms with Gasteiger partial charge in [0.2, 0.25) is 5.67 Å². The van der Waals surface area contributed by atoms with Crippen LogP contribution in [0.5, 0.6) is 0 Å². The molecule has 0 aromatic rings. The van der Waals surface area contributed by atoms with Gasteiger partial charge < -0.3 is 4.74 Å². The number of esters is 1. The third kappa shape index (κ3) is 7.50. The van der Waals surface area contributed by atoms with Gasteiger partial charge in [-0.1, -0.05) is 22.6 Å². The molecule has 126 valence electrons. The molecule has 3 atom stereocenters.